The second-order valence-electron chi connectivity index (χ2n) is 7.27. The van der Waals surface area contributed by atoms with Crippen LogP contribution in [0.5, 0.6) is 0 Å². The first-order chi connectivity index (χ1) is 14.0. The Morgan fingerprint density at radius 1 is 0.967 bits per heavy atom. The number of thioether (sulfide) groups is 1. The molecular formula is C19H32N2O6S3. The largest absolute Gasteiger partial charge is 0.460 e. The summed E-state index contributed by atoms with van der Waals surface area (Å²) in [5.74, 6) is -1.92. The Balaban J connectivity index is 2.82. The van der Waals surface area contributed by atoms with Crippen LogP contribution in [0.2, 0.25) is 0 Å². The van der Waals surface area contributed by atoms with E-state index in [-0.39, 0.29) is 17.3 Å². The molecule has 0 saturated carbocycles. The van der Waals surface area contributed by atoms with Gasteiger partial charge in [-0.3, -0.25) is 4.79 Å². The Kier molecular flexibility index (Phi) is 11.3. The molecule has 0 saturated heterocycles. The van der Waals surface area contributed by atoms with E-state index in [9.17, 15) is 21.6 Å². The van der Waals surface area contributed by atoms with E-state index in [0.717, 1.165) is 23.1 Å². The summed E-state index contributed by atoms with van der Waals surface area (Å²) in [6.07, 6.45) is 1.13. The number of unbranched alkanes of at least 4 members (excludes halogenated alkanes) is 2. The third-order valence-corrected chi connectivity index (χ3v) is 8.48. The van der Waals surface area contributed by atoms with Gasteiger partial charge in [0.2, 0.25) is 0 Å². The molecule has 0 unspecified atom stereocenters. The minimum absolute atomic E-state index is 0.0578. The van der Waals surface area contributed by atoms with Gasteiger partial charge in [0, 0.05) is 11.4 Å². The Bertz CT molecular complexity index is 841. The predicted octanol–water partition coefficient (Wildman–Crippen LogP) is 2.53. The molecule has 0 fully saturated rings. The maximum atomic E-state index is 12.3. The highest BCUT2D eigenvalue weighted by atomic mass is 32.2. The highest BCUT2D eigenvalue weighted by Crippen LogP contribution is 2.16. The molecular weight excluding hydrogens is 448 g/mol. The van der Waals surface area contributed by atoms with E-state index in [1.54, 1.807) is 6.07 Å². The van der Waals surface area contributed by atoms with Crippen molar-refractivity contribution in [2.24, 2.45) is 0 Å². The number of aromatic nitrogens is 2. The summed E-state index contributed by atoms with van der Waals surface area (Å²) in [6.45, 7) is 7.37. The molecule has 0 aromatic carbocycles. The van der Waals surface area contributed by atoms with E-state index in [4.69, 9.17) is 4.74 Å². The van der Waals surface area contributed by atoms with Crippen LogP contribution >= 0.6 is 11.8 Å². The smallest absolute Gasteiger partial charge is 0.316 e. The summed E-state index contributed by atoms with van der Waals surface area (Å²) < 4.78 is 54.6. The van der Waals surface area contributed by atoms with Crippen molar-refractivity contribution < 1.29 is 26.4 Å². The van der Waals surface area contributed by atoms with E-state index in [0.29, 0.717) is 30.8 Å². The Hall–Kier alpha value is -1.20. The van der Waals surface area contributed by atoms with Gasteiger partial charge < -0.3 is 4.74 Å². The minimum atomic E-state index is -3.53. The normalized spacial score (nSPS) is 12.3. The molecule has 0 atom stereocenters. The number of sulfone groups is 2. The number of aryl methyl sites for hydroxylation is 2. The zero-order valence-electron chi connectivity index (χ0n) is 18.1. The van der Waals surface area contributed by atoms with E-state index in [1.165, 1.54) is 0 Å². The highest BCUT2D eigenvalue weighted by Gasteiger charge is 2.28. The van der Waals surface area contributed by atoms with Gasteiger partial charge in [0.1, 0.15) is 6.10 Å². The van der Waals surface area contributed by atoms with Crippen LogP contribution in [0.15, 0.2) is 11.2 Å². The van der Waals surface area contributed by atoms with Crippen LogP contribution in [0.4, 0.5) is 0 Å². The number of rotatable bonds is 14. The SMILES string of the molecule is CCCCS(=O)(=O)CC(CS(=O)(=O)CCCC)OC(=O)CSc1nc(C)cc(C)n1. The van der Waals surface area contributed by atoms with Gasteiger partial charge >= 0.3 is 5.97 Å². The fourth-order valence-electron chi connectivity index (χ4n) is 2.68. The van der Waals surface area contributed by atoms with Crippen molar-refractivity contribution in [3.8, 4) is 0 Å². The van der Waals surface area contributed by atoms with E-state index in [2.05, 4.69) is 9.97 Å². The molecule has 1 aromatic heterocycles. The molecule has 0 aliphatic carbocycles. The lowest BCUT2D eigenvalue weighted by Gasteiger charge is -2.18. The number of hydrogen-bond acceptors (Lipinski definition) is 9. The molecule has 30 heavy (non-hydrogen) atoms. The van der Waals surface area contributed by atoms with Crippen molar-refractivity contribution in [3.63, 3.8) is 0 Å². The van der Waals surface area contributed by atoms with Crippen LogP contribution in [0, 0.1) is 13.8 Å². The lowest BCUT2D eigenvalue weighted by atomic mass is 10.4. The predicted molar refractivity (Wildman–Crippen MR) is 119 cm³/mol. The highest BCUT2D eigenvalue weighted by molar-refractivity contribution is 7.99. The van der Waals surface area contributed by atoms with E-state index in [1.807, 2.05) is 27.7 Å². The summed E-state index contributed by atoms with van der Waals surface area (Å²) in [5, 5.41) is 0.409. The quantitative estimate of drug-likeness (QED) is 0.225. The second-order valence-corrected chi connectivity index (χ2v) is 12.7. The van der Waals surface area contributed by atoms with E-state index >= 15 is 0 Å². The van der Waals surface area contributed by atoms with Crippen molar-refractivity contribution in [3.05, 3.63) is 17.5 Å². The number of hydrogen-bond donors (Lipinski definition) is 0. The molecule has 0 N–H and O–H groups in total. The Morgan fingerprint density at radius 3 is 1.87 bits per heavy atom. The summed E-state index contributed by atoms with van der Waals surface area (Å²) >= 11 is 1.07. The molecule has 0 radical (unpaired) electrons. The lowest BCUT2D eigenvalue weighted by molar-refractivity contribution is -0.143. The van der Waals surface area contributed by atoms with Crippen molar-refractivity contribution in [2.75, 3.05) is 28.8 Å². The van der Waals surface area contributed by atoms with Gasteiger partial charge in [0.05, 0.1) is 28.8 Å². The maximum absolute atomic E-state index is 12.3. The molecule has 0 aliphatic rings. The molecule has 1 rings (SSSR count). The summed E-state index contributed by atoms with van der Waals surface area (Å²) in [5.41, 5.74) is 1.53. The number of nitrogens with zero attached hydrogens (tertiary/aromatic N) is 2. The molecule has 11 heteroatoms. The summed E-state index contributed by atoms with van der Waals surface area (Å²) in [7, 11) is -7.07. The fourth-order valence-corrected chi connectivity index (χ4v) is 6.86. The molecule has 172 valence electrons. The van der Waals surface area contributed by atoms with E-state index < -0.39 is 43.3 Å². The fraction of sp³-hybridized carbons (Fsp3) is 0.737. The average Bonchev–Trinajstić information content (AvgIpc) is 2.61. The molecule has 0 bridgehead atoms. The molecule has 0 spiro atoms. The van der Waals surface area contributed by atoms with Gasteiger partial charge in [-0.15, -0.1) is 0 Å². The van der Waals surface area contributed by atoms with Crippen LogP contribution in [-0.2, 0) is 29.2 Å². The second kappa shape index (κ2) is 12.6. The number of carbonyl (C=O) groups is 1. The first-order valence-electron chi connectivity index (χ1n) is 10.0. The zero-order valence-corrected chi connectivity index (χ0v) is 20.5. The van der Waals surface area contributed by atoms with Crippen molar-refractivity contribution in [1.29, 1.82) is 0 Å². The number of carbonyl (C=O) groups excluding carboxylic acids is 1. The monoisotopic (exact) mass is 480 g/mol. The Labute approximate surface area is 184 Å². The van der Waals surface area contributed by atoms with Crippen molar-refractivity contribution >= 4 is 37.4 Å². The van der Waals surface area contributed by atoms with Gasteiger partial charge in [-0.25, -0.2) is 26.8 Å². The number of esters is 1. The van der Waals surface area contributed by atoms with Crippen molar-refractivity contribution in [2.45, 2.75) is 64.6 Å². The lowest BCUT2D eigenvalue weighted by Crippen LogP contribution is -2.35. The van der Waals surface area contributed by atoms with Gasteiger partial charge in [-0.2, -0.15) is 0 Å². The third kappa shape index (κ3) is 11.3. The van der Waals surface area contributed by atoms with Crippen LogP contribution in [0.3, 0.4) is 0 Å². The zero-order chi connectivity index (χ0) is 22.8. The van der Waals surface area contributed by atoms with Crippen LogP contribution in [-0.4, -0.2) is 67.6 Å². The molecule has 8 nitrogen and oxygen atoms in total. The third-order valence-electron chi connectivity index (χ3n) is 4.08. The Morgan fingerprint density at radius 2 is 1.43 bits per heavy atom. The number of ether oxygens (including phenoxy) is 1. The van der Waals surface area contributed by atoms with Crippen LogP contribution in [0.1, 0.15) is 50.9 Å². The van der Waals surface area contributed by atoms with Crippen LogP contribution < -0.4 is 0 Å². The topological polar surface area (TPSA) is 120 Å². The molecule has 1 heterocycles. The average molecular weight is 481 g/mol. The van der Waals surface area contributed by atoms with Gasteiger partial charge in [0.15, 0.2) is 24.8 Å². The van der Waals surface area contributed by atoms with Gasteiger partial charge in [-0.05, 0) is 32.8 Å². The molecule has 0 aliphatic heterocycles. The minimum Gasteiger partial charge on any atom is -0.460 e. The van der Waals surface area contributed by atoms with Crippen LogP contribution in [0.25, 0.3) is 0 Å². The standard InChI is InChI=1S/C19H32N2O6S3/c1-5-7-9-29(23,24)13-17(14-30(25,26)10-8-6-2)27-18(22)12-28-19-20-15(3)11-16(4)21-19/h11,17H,5-10,12-14H2,1-4H3. The van der Waals surface area contributed by atoms with Gasteiger partial charge in [-0.1, -0.05) is 38.5 Å². The molecule has 0 amide bonds. The van der Waals surface area contributed by atoms with Crippen molar-refractivity contribution in [1.82, 2.24) is 9.97 Å². The maximum Gasteiger partial charge on any atom is 0.316 e. The first-order valence-corrected chi connectivity index (χ1v) is 14.6. The summed E-state index contributed by atoms with van der Waals surface area (Å²) in [4.78, 5) is 20.8. The molecule has 1 aromatic rings. The van der Waals surface area contributed by atoms with Gasteiger partial charge in [0.25, 0.3) is 0 Å². The summed E-state index contributed by atoms with van der Waals surface area (Å²) in [6, 6.07) is 1.81. The first kappa shape index (κ1) is 26.8.